The van der Waals surface area contributed by atoms with Gasteiger partial charge >= 0.3 is 0 Å². The molecule has 10 nitrogen and oxygen atoms in total. The van der Waals surface area contributed by atoms with E-state index in [0.717, 1.165) is 36.6 Å². The number of H-pyrrole nitrogens is 1. The summed E-state index contributed by atoms with van der Waals surface area (Å²) in [5, 5.41) is 14.8. The number of anilines is 1. The zero-order chi connectivity index (χ0) is 27.7. The van der Waals surface area contributed by atoms with Crippen LogP contribution in [0, 0.1) is 13.8 Å². The largest absolute Gasteiger partial charge is 0.497 e. The van der Waals surface area contributed by atoms with Gasteiger partial charge < -0.3 is 30.8 Å². The van der Waals surface area contributed by atoms with Gasteiger partial charge in [0.15, 0.2) is 0 Å². The second kappa shape index (κ2) is 11.3. The minimum absolute atomic E-state index is 0.0376. The number of aliphatic hydroxyl groups is 1. The number of nitrogen functional groups attached to an aromatic ring is 1. The first-order valence-electron chi connectivity index (χ1n) is 13.2. The fourth-order valence-corrected chi connectivity index (χ4v) is 5.93. The molecule has 1 fully saturated rings. The maximum Gasteiger partial charge on any atom is 0.253 e. The average molecular weight is 552 g/mol. The van der Waals surface area contributed by atoms with Gasteiger partial charge in [-0.15, -0.1) is 0 Å². The molecular formula is C28H34ClN7O3. The lowest BCUT2D eigenvalue weighted by molar-refractivity contribution is 0.0948. The van der Waals surface area contributed by atoms with Gasteiger partial charge in [-0.2, -0.15) is 0 Å². The maximum absolute atomic E-state index is 13.1. The third-order valence-electron chi connectivity index (χ3n) is 7.62. The van der Waals surface area contributed by atoms with Crippen LogP contribution < -0.4 is 15.8 Å². The van der Waals surface area contributed by atoms with Crippen LogP contribution in [-0.2, 0) is 6.42 Å². The van der Waals surface area contributed by atoms with Crippen molar-refractivity contribution in [1.29, 1.82) is 0 Å². The van der Waals surface area contributed by atoms with Crippen molar-refractivity contribution in [1.82, 2.24) is 30.2 Å². The highest BCUT2D eigenvalue weighted by atomic mass is 35.5. The van der Waals surface area contributed by atoms with Crippen LogP contribution in [0.15, 0.2) is 18.3 Å². The molecule has 0 saturated carbocycles. The lowest BCUT2D eigenvalue weighted by Crippen LogP contribution is -2.33. The summed E-state index contributed by atoms with van der Waals surface area (Å²) in [7, 11) is 1.59. The summed E-state index contributed by atoms with van der Waals surface area (Å²) in [6.45, 7) is 7.39. The summed E-state index contributed by atoms with van der Waals surface area (Å²) in [4.78, 5) is 31.8. The van der Waals surface area contributed by atoms with Crippen LogP contribution in [0.5, 0.6) is 5.75 Å². The number of aromatic nitrogens is 4. The topological polar surface area (TPSA) is 142 Å². The molecule has 0 spiro atoms. The Morgan fingerprint density at radius 2 is 2.10 bits per heavy atom. The fourth-order valence-electron chi connectivity index (χ4n) is 5.64. The molecule has 1 amide bonds. The monoisotopic (exact) mass is 551 g/mol. The first-order valence-corrected chi connectivity index (χ1v) is 13.6. The Bertz CT molecular complexity index is 1410. The second-order valence-corrected chi connectivity index (χ2v) is 10.5. The van der Waals surface area contributed by atoms with E-state index in [-0.39, 0.29) is 17.0 Å². The highest BCUT2D eigenvalue weighted by Crippen LogP contribution is 2.46. The van der Waals surface area contributed by atoms with Gasteiger partial charge in [-0.1, -0.05) is 11.6 Å². The number of aliphatic hydroxyl groups excluding tert-OH is 1. The quantitative estimate of drug-likeness (QED) is 0.313. The standard InChI is InChI=1S/C28H34ClN7O3/c1-15-21(33-16(2)22(15)27(38)32-8-11-36-9-4-5-10-36)14-19-23-24(34-28(30)35-26(23)29)20(25(19)37)13-17-12-18(39-3)6-7-31-17/h6-7,12,14,20,25,33,37H,4-5,8-11,13H2,1-3H3,(H,32,38)(H2,30,34,35)/b19-14-. The molecule has 0 radical (unpaired) electrons. The van der Waals surface area contributed by atoms with Gasteiger partial charge in [0.2, 0.25) is 5.95 Å². The molecule has 0 bridgehead atoms. The minimum atomic E-state index is -0.942. The molecule has 206 valence electrons. The lowest BCUT2D eigenvalue weighted by Gasteiger charge is -2.16. The zero-order valence-corrected chi connectivity index (χ0v) is 23.2. The molecule has 1 saturated heterocycles. The van der Waals surface area contributed by atoms with Gasteiger partial charge in [0.05, 0.1) is 24.5 Å². The van der Waals surface area contributed by atoms with E-state index < -0.39 is 12.0 Å². The third kappa shape index (κ3) is 5.50. The number of nitrogens with one attached hydrogen (secondary N) is 2. The third-order valence-corrected chi connectivity index (χ3v) is 7.89. The SMILES string of the molecule is COc1ccnc(CC2c3nc(N)nc(Cl)c3/C(=C/c3[nH]c(C)c(C(=O)NCCN4CCCC4)c3C)C2O)c1. The van der Waals surface area contributed by atoms with Crippen LogP contribution >= 0.6 is 11.6 Å². The van der Waals surface area contributed by atoms with Gasteiger partial charge in [0, 0.05) is 60.3 Å². The first-order chi connectivity index (χ1) is 18.8. The Morgan fingerprint density at radius 3 is 2.85 bits per heavy atom. The van der Waals surface area contributed by atoms with E-state index in [2.05, 4.69) is 30.2 Å². The number of nitrogens with two attached hydrogens (primary N) is 1. The molecule has 1 aliphatic carbocycles. The summed E-state index contributed by atoms with van der Waals surface area (Å²) in [6.07, 6.45) is 5.38. The highest BCUT2D eigenvalue weighted by Gasteiger charge is 2.40. The number of ether oxygens (including phenoxy) is 1. The van der Waals surface area contributed by atoms with E-state index in [1.165, 1.54) is 12.8 Å². The van der Waals surface area contributed by atoms with E-state index in [1.807, 2.05) is 26.0 Å². The molecule has 3 aromatic rings. The highest BCUT2D eigenvalue weighted by molar-refractivity contribution is 6.31. The van der Waals surface area contributed by atoms with E-state index in [9.17, 15) is 9.90 Å². The van der Waals surface area contributed by atoms with Crippen LogP contribution in [-0.4, -0.2) is 75.2 Å². The summed E-state index contributed by atoms with van der Waals surface area (Å²) in [5.74, 6) is 0.148. The number of fused-ring (bicyclic) bond motifs is 1. The molecule has 5 N–H and O–H groups in total. The van der Waals surface area contributed by atoms with Crippen LogP contribution in [0.25, 0.3) is 11.6 Å². The van der Waals surface area contributed by atoms with Crippen molar-refractivity contribution >= 4 is 35.1 Å². The first kappa shape index (κ1) is 27.1. The molecule has 2 atom stereocenters. The van der Waals surface area contributed by atoms with E-state index in [0.29, 0.717) is 46.8 Å². The zero-order valence-electron chi connectivity index (χ0n) is 22.4. The van der Waals surface area contributed by atoms with Crippen molar-refractivity contribution < 1.29 is 14.6 Å². The molecule has 39 heavy (non-hydrogen) atoms. The molecule has 2 unspecified atom stereocenters. The number of amides is 1. The predicted molar refractivity (Wildman–Crippen MR) is 151 cm³/mol. The van der Waals surface area contributed by atoms with E-state index >= 15 is 0 Å². The Hall–Kier alpha value is -3.47. The van der Waals surface area contributed by atoms with Gasteiger partial charge in [0.1, 0.15) is 10.9 Å². The van der Waals surface area contributed by atoms with Crippen molar-refractivity contribution in [3.05, 3.63) is 62.9 Å². The number of carbonyl (C=O) groups excluding carboxylic acids is 1. The van der Waals surface area contributed by atoms with Crippen molar-refractivity contribution in [3.8, 4) is 5.75 Å². The van der Waals surface area contributed by atoms with Gasteiger partial charge in [-0.25, -0.2) is 9.97 Å². The number of likely N-dealkylation sites (tertiary alicyclic amines) is 1. The Balaban J connectivity index is 1.44. The number of rotatable bonds is 8. The molecule has 1 aliphatic heterocycles. The van der Waals surface area contributed by atoms with Crippen LogP contribution in [0.4, 0.5) is 5.95 Å². The molecule has 3 aromatic heterocycles. The van der Waals surface area contributed by atoms with Crippen LogP contribution in [0.3, 0.4) is 0 Å². The normalized spacial score (nSPS) is 20.0. The van der Waals surface area contributed by atoms with Crippen molar-refractivity contribution in [2.75, 3.05) is 39.0 Å². The molecular weight excluding hydrogens is 518 g/mol. The summed E-state index contributed by atoms with van der Waals surface area (Å²) >= 11 is 6.56. The number of aromatic amines is 1. The fraction of sp³-hybridized carbons (Fsp3) is 0.429. The number of hydrogen-bond donors (Lipinski definition) is 4. The number of aryl methyl sites for hydroxylation is 1. The number of carbonyl (C=O) groups is 1. The maximum atomic E-state index is 13.1. The van der Waals surface area contributed by atoms with Crippen LogP contribution in [0.1, 0.15) is 63.0 Å². The lowest BCUT2D eigenvalue weighted by atomic mass is 9.96. The number of hydrogen-bond acceptors (Lipinski definition) is 8. The predicted octanol–water partition coefficient (Wildman–Crippen LogP) is 3.13. The molecule has 4 heterocycles. The van der Waals surface area contributed by atoms with Crippen molar-refractivity contribution in [3.63, 3.8) is 0 Å². The smallest absolute Gasteiger partial charge is 0.253 e. The Kier molecular flexibility index (Phi) is 7.88. The Morgan fingerprint density at radius 1 is 1.33 bits per heavy atom. The number of methoxy groups -OCH3 is 1. The molecule has 11 heteroatoms. The van der Waals surface area contributed by atoms with E-state index in [1.54, 1.807) is 19.4 Å². The number of pyridine rings is 1. The van der Waals surface area contributed by atoms with Crippen molar-refractivity contribution in [2.24, 2.45) is 0 Å². The molecule has 5 rings (SSSR count). The number of nitrogens with zero attached hydrogens (tertiary/aromatic N) is 4. The van der Waals surface area contributed by atoms with Gasteiger partial charge in [-0.05, 0) is 63.1 Å². The van der Waals surface area contributed by atoms with Crippen molar-refractivity contribution in [2.45, 2.75) is 45.1 Å². The van der Waals surface area contributed by atoms with Crippen LogP contribution in [0.2, 0.25) is 5.15 Å². The van der Waals surface area contributed by atoms with Gasteiger partial charge in [0.25, 0.3) is 5.91 Å². The minimum Gasteiger partial charge on any atom is -0.497 e. The summed E-state index contributed by atoms with van der Waals surface area (Å²) in [5.41, 5.74) is 11.2. The van der Waals surface area contributed by atoms with E-state index in [4.69, 9.17) is 22.1 Å². The van der Waals surface area contributed by atoms with Gasteiger partial charge in [-0.3, -0.25) is 9.78 Å². The average Bonchev–Trinajstić information content (AvgIpc) is 3.58. The molecule has 2 aliphatic rings. The summed E-state index contributed by atoms with van der Waals surface area (Å²) in [6, 6.07) is 3.59. The number of halogens is 1. The second-order valence-electron chi connectivity index (χ2n) is 10.1. The molecule has 0 aromatic carbocycles. The summed E-state index contributed by atoms with van der Waals surface area (Å²) < 4.78 is 5.33. The Labute approximate surface area is 232 Å².